The quantitative estimate of drug-likeness (QED) is 0.684. The van der Waals surface area contributed by atoms with E-state index in [9.17, 15) is 0 Å². The Morgan fingerprint density at radius 3 is 2.48 bits per heavy atom. The summed E-state index contributed by atoms with van der Waals surface area (Å²) < 4.78 is 5.13. The second-order valence-corrected chi connectivity index (χ2v) is 6.49. The molecule has 0 amide bonds. The molecule has 0 saturated carbocycles. The van der Waals surface area contributed by atoms with Gasteiger partial charge in [0.25, 0.3) is 0 Å². The second-order valence-electron chi connectivity index (χ2n) is 6.49. The van der Waals surface area contributed by atoms with E-state index >= 15 is 0 Å². The minimum absolute atomic E-state index is 0.388. The predicted molar refractivity (Wildman–Crippen MR) is 87.3 cm³/mol. The molecule has 1 aliphatic rings. The number of ether oxygens (including phenoxy) is 1. The van der Waals surface area contributed by atoms with Gasteiger partial charge in [0.05, 0.1) is 6.61 Å². The molecule has 0 aromatic heterocycles. The second kappa shape index (κ2) is 6.94. The van der Waals surface area contributed by atoms with Crippen LogP contribution in [0.4, 0.5) is 0 Å². The van der Waals surface area contributed by atoms with E-state index in [0.29, 0.717) is 12.0 Å². The van der Waals surface area contributed by atoms with Gasteiger partial charge in [-0.25, -0.2) is 0 Å². The van der Waals surface area contributed by atoms with Crippen LogP contribution in [0.2, 0.25) is 0 Å². The van der Waals surface area contributed by atoms with E-state index in [0.717, 1.165) is 25.6 Å². The molecule has 0 bridgehead atoms. The molecule has 1 N–H and O–H groups in total. The maximum absolute atomic E-state index is 5.13. The van der Waals surface area contributed by atoms with E-state index in [4.69, 9.17) is 4.74 Å². The van der Waals surface area contributed by atoms with Gasteiger partial charge >= 0.3 is 0 Å². The van der Waals surface area contributed by atoms with Crippen molar-refractivity contribution in [3.63, 3.8) is 0 Å². The van der Waals surface area contributed by atoms with Gasteiger partial charge in [0.15, 0.2) is 5.96 Å². The summed E-state index contributed by atoms with van der Waals surface area (Å²) in [7, 11) is 3.58. The zero-order valence-corrected chi connectivity index (χ0v) is 13.6. The van der Waals surface area contributed by atoms with E-state index in [2.05, 4.69) is 53.3 Å². The van der Waals surface area contributed by atoms with Crippen LogP contribution in [0.25, 0.3) is 0 Å². The molecule has 0 spiro atoms. The molecule has 0 atom stereocenters. The van der Waals surface area contributed by atoms with Crippen LogP contribution in [0.3, 0.4) is 0 Å². The zero-order valence-electron chi connectivity index (χ0n) is 13.6. The van der Waals surface area contributed by atoms with Crippen molar-refractivity contribution in [3.8, 4) is 0 Å². The minimum atomic E-state index is 0.388. The topological polar surface area (TPSA) is 36.9 Å². The van der Waals surface area contributed by atoms with E-state index in [1.807, 2.05) is 7.05 Å². The Bertz CT molecular complexity index is 479. The van der Waals surface area contributed by atoms with Crippen LogP contribution >= 0.6 is 0 Å². The standard InChI is InChI=1S/C17H27N3O/c1-17(2)9-10-20(13-17)16(18-3)19-11-14-5-7-15(8-6-14)12-21-4/h5-8H,9-13H2,1-4H3,(H,18,19). The van der Waals surface area contributed by atoms with Crippen LogP contribution in [0.15, 0.2) is 29.3 Å². The lowest BCUT2D eigenvalue weighted by Gasteiger charge is -2.23. The first-order valence-corrected chi connectivity index (χ1v) is 7.56. The normalized spacial score (nSPS) is 18.1. The first kappa shape index (κ1) is 15.8. The van der Waals surface area contributed by atoms with Crippen molar-refractivity contribution in [2.75, 3.05) is 27.2 Å². The molecule has 116 valence electrons. The lowest BCUT2D eigenvalue weighted by Crippen LogP contribution is -2.40. The van der Waals surface area contributed by atoms with Crippen LogP contribution in [-0.2, 0) is 17.9 Å². The third-order valence-corrected chi connectivity index (χ3v) is 3.97. The summed E-state index contributed by atoms with van der Waals surface area (Å²) in [6.07, 6.45) is 1.22. The van der Waals surface area contributed by atoms with E-state index < -0.39 is 0 Å². The monoisotopic (exact) mass is 289 g/mol. The first-order chi connectivity index (χ1) is 10.0. The van der Waals surface area contributed by atoms with Crippen molar-refractivity contribution in [2.24, 2.45) is 10.4 Å². The molecule has 4 nitrogen and oxygen atoms in total. The molecular formula is C17H27N3O. The molecule has 0 unspecified atom stereocenters. The molecule has 1 fully saturated rings. The molecular weight excluding hydrogens is 262 g/mol. The highest BCUT2D eigenvalue weighted by Crippen LogP contribution is 2.28. The Labute approximate surface area is 128 Å². The fourth-order valence-corrected chi connectivity index (χ4v) is 2.73. The molecule has 0 radical (unpaired) electrons. The molecule has 1 heterocycles. The van der Waals surface area contributed by atoms with Crippen LogP contribution in [-0.4, -0.2) is 38.1 Å². The van der Waals surface area contributed by atoms with E-state index in [1.54, 1.807) is 7.11 Å². The van der Waals surface area contributed by atoms with E-state index in [1.165, 1.54) is 17.5 Å². The highest BCUT2D eigenvalue weighted by Gasteiger charge is 2.30. The maximum atomic E-state index is 5.13. The number of rotatable bonds is 4. The van der Waals surface area contributed by atoms with Crippen molar-refractivity contribution >= 4 is 5.96 Å². The Balaban J connectivity index is 1.89. The van der Waals surface area contributed by atoms with Crippen molar-refractivity contribution in [1.29, 1.82) is 0 Å². The van der Waals surface area contributed by atoms with Crippen LogP contribution in [0.1, 0.15) is 31.4 Å². The van der Waals surface area contributed by atoms with Gasteiger partial charge in [-0.2, -0.15) is 0 Å². The summed E-state index contributed by atoms with van der Waals surface area (Å²) in [4.78, 5) is 6.76. The Morgan fingerprint density at radius 1 is 1.29 bits per heavy atom. The van der Waals surface area contributed by atoms with Crippen LogP contribution < -0.4 is 5.32 Å². The van der Waals surface area contributed by atoms with Crippen molar-refractivity contribution in [3.05, 3.63) is 35.4 Å². The average Bonchev–Trinajstić information content (AvgIpc) is 2.82. The summed E-state index contributed by atoms with van der Waals surface area (Å²) in [5.41, 5.74) is 2.85. The van der Waals surface area contributed by atoms with Crippen LogP contribution in [0, 0.1) is 5.41 Å². The number of hydrogen-bond donors (Lipinski definition) is 1. The zero-order chi connectivity index (χ0) is 15.3. The number of guanidine groups is 1. The number of nitrogens with zero attached hydrogens (tertiary/aromatic N) is 2. The van der Waals surface area contributed by atoms with Crippen molar-refractivity contribution in [1.82, 2.24) is 10.2 Å². The van der Waals surface area contributed by atoms with Gasteiger partial charge in [-0.1, -0.05) is 38.1 Å². The van der Waals surface area contributed by atoms with Gasteiger partial charge in [-0.15, -0.1) is 0 Å². The summed E-state index contributed by atoms with van der Waals surface area (Å²) in [6, 6.07) is 8.51. The van der Waals surface area contributed by atoms with Crippen molar-refractivity contribution < 1.29 is 4.74 Å². The van der Waals surface area contributed by atoms with Gasteiger partial charge in [0.1, 0.15) is 0 Å². The Kier molecular flexibility index (Phi) is 5.23. The smallest absolute Gasteiger partial charge is 0.193 e. The predicted octanol–water partition coefficient (Wildman–Crippen LogP) is 2.64. The minimum Gasteiger partial charge on any atom is -0.380 e. The summed E-state index contributed by atoms with van der Waals surface area (Å²) in [6.45, 7) is 8.25. The SMILES string of the molecule is CN=C(NCc1ccc(COC)cc1)N1CCC(C)(C)C1. The lowest BCUT2D eigenvalue weighted by molar-refractivity contribution is 0.185. The Hall–Kier alpha value is -1.55. The van der Waals surface area contributed by atoms with Gasteiger partial charge in [0.2, 0.25) is 0 Å². The molecule has 21 heavy (non-hydrogen) atoms. The van der Waals surface area contributed by atoms with Gasteiger partial charge in [0, 0.05) is 33.8 Å². The molecule has 1 aromatic carbocycles. The fraction of sp³-hybridized carbons (Fsp3) is 0.588. The number of methoxy groups -OCH3 is 1. The van der Waals surface area contributed by atoms with E-state index in [-0.39, 0.29) is 0 Å². The highest BCUT2D eigenvalue weighted by atomic mass is 16.5. The lowest BCUT2D eigenvalue weighted by atomic mass is 9.93. The number of aliphatic imine (C=N–C) groups is 1. The molecule has 0 aliphatic carbocycles. The molecule has 4 heteroatoms. The van der Waals surface area contributed by atoms with Gasteiger partial charge < -0.3 is 15.0 Å². The van der Waals surface area contributed by atoms with Crippen LogP contribution in [0.5, 0.6) is 0 Å². The largest absolute Gasteiger partial charge is 0.380 e. The number of benzene rings is 1. The number of likely N-dealkylation sites (tertiary alicyclic amines) is 1. The van der Waals surface area contributed by atoms with Gasteiger partial charge in [-0.05, 0) is 23.0 Å². The first-order valence-electron chi connectivity index (χ1n) is 7.56. The number of nitrogens with one attached hydrogen (secondary N) is 1. The molecule has 1 saturated heterocycles. The fourth-order valence-electron chi connectivity index (χ4n) is 2.73. The summed E-state index contributed by atoms with van der Waals surface area (Å²) in [5.74, 6) is 1.00. The van der Waals surface area contributed by atoms with Crippen molar-refractivity contribution in [2.45, 2.75) is 33.4 Å². The average molecular weight is 289 g/mol. The highest BCUT2D eigenvalue weighted by molar-refractivity contribution is 5.80. The summed E-state index contributed by atoms with van der Waals surface area (Å²) in [5, 5.41) is 3.46. The molecule has 2 rings (SSSR count). The molecule has 1 aromatic rings. The molecule has 1 aliphatic heterocycles. The Morgan fingerprint density at radius 2 is 1.95 bits per heavy atom. The summed E-state index contributed by atoms with van der Waals surface area (Å²) >= 11 is 0. The number of hydrogen-bond acceptors (Lipinski definition) is 2. The maximum Gasteiger partial charge on any atom is 0.193 e. The van der Waals surface area contributed by atoms with Gasteiger partial charge in [-0.3, -0.25) is 4.99 Å². The third-order valence-electron chi connectivity index (χ3n) is 3.97. The third kappa shape index (κ3) is 4.46.